The highest BCUT2D eigenvalue weighted by molar-refractivity contribution is 7.91. The molecule has 0 fully saturated rings. The summed E-state index contributed by atoms with van der Waals surface area (Å²) in [6.45, 7) is 6.24. The Balaban J connectivity index is 2.60. The number of nitrogens with two attached hydrogens (primary N) is 1. The maximum Gasteiger partial charge on any atom is 0.179 e. The number of rotatable bonds is 8. The zero-order valence-corrected chi connectivity index (χ0v) is 13.5. The van der Waals surface area contributed by atoms with E-state index in [1.807, 2.05) is 7.05 Å². The second-order valence-corrected chi connectivity index (χ2v) is 7.55. The van der Waals surface area contributed by atoms with Crippen molar-refractivity contribution in [3.05, 3.63) is 29.8 Å². The Morgan fingerprint density at radius 1 is 1.25 bits per heavy atom. The number of nitrogens with zero attached hydrogens (tertiary/aromatic N) is 1. The molecule has 5 heteroatoms. The Labute approximate surface area is 122 Å². The normalized spacial score (nSPS) is 13.7. The van der Waals surface area contributed by atoms with Gasteiger partial charge >= 0.3 is 0 Å². The number of hydrogen-bond acceptors (Lipinski definition) is 4. The SMILES string of the molecule is CCC(C)CN(C)CCS(=O)(=O)c1ccc(CN)cc1. The van der Waals surface area contributed by atoms with Gasteiger partial charge in [0.1, 0.15) is 0 Å². The quantitative estimate of drug-likeness (QED) is 0.796. The molecule has 1 unspecified atom stereocenters. The lowest BCUT2D eigenvalue weighted by Gasteiger charge is -2.20. The first-order chi connectivity index (χ1) is 9.39. The average molecular weight is 298 g/mol. The zero-order valence-electron chi connectivity index (χ0n) is 12.7. The van der Waals surface area contributed by atoms with Gasteiger partial charge < -0.3 is 10.6 Å². The minimum absolute atomic E-state index is 0.155. The van der Waals surface area contributed by atoms with Gasteiger partial charge in [-0.05, 0) is 30.7 Å². The van der Waals surface area contributed by atoms with Crippen molar-refractivity contribution in [1.82, 2.24) is 4.90 Å². The summed E-state index contributed by atoms with van der Waals surface area (Å²) in [4.78, 5) is 2.46. The highest BCUT2D eigenvalue weighted by Gasteiger charge is 2.15. The van der Waals surface area contributed by atoms with Crippen LogP contribution >= 0.6 is 0 Å². The van der Waals surface area contributed by atoms with E-state index in [0.717, 1.165) is 18.5 Å². The minimum Gasteiger partial charge on any atom is -0.326 e. The van der Waals surface area contributed by atoms with Crippen LogP contribution in [0.5, 0.6) is 0 Å². The molecule has 1 atom stereocenters. The maximum atomic E-state index is 12.2. The van der Waals surface area contributed by atoms with Crippen molar-refractivity contribution >= 4 is 9.84 Å². The van der Waals surface area contributed by atoms with Crippen molar-refractivity contribution in [2.24, 2.45) is 11.7 Å². The molecule has 0 amide bonds. The summed E-state index contributed by atoms with van der Waals surface area (Å²) in [5.41, 5.74) is 6.45. The molecule has 0 aliphatic carbocycles. The number of hydrogen-bond donors (Lipinski definition) is 1. The molecule has 1 aromatic rings. The summed E-state index contributed by atoms with van der Waals surface area (Å²) >= 11 is 0. The van der Waals surface area contributed by atoms with Gasteiger partial charge in [0.15, 0.2) is 9.84 Å². The van der Waals surface area contributed by atoms with Gasteiger partial charge in [0, 0.05) is 19.6 Å². The fraction of sp³-hybridized carbons (Fsp3) is 0.600. The van der Waals surface area contributed by atoms with E-state index in [1.54, 1.807) is 24.3 Å². The summed E-state index contributed by atoms with van der Waals surface area (Å²) in [6.07, 6.45) is 1.11. The Kier molecular flexibility index (Phi) is 6.65. The van der Waals surface area contributed by atoms with Gasteiger partial charge in [-0.25, -0.2) is 8.42 Å². The van der Waals surface area contributed by atoms with Gasteiger partial charge in [-0.3, -0.25) is 0 Å². The van der Waals surface area contributed by atoms with Crippen LogP contribution in [-0.4, -0.2) is 39.2 Å². The highest BCUT2D eigenvalue weighted by Crippen LogP contribution is 2.13. The van der Waals surface area contributed by atoms with Crippen LogP contribution in [0.1, 0.15) is 25.8 Å². The first-order valence-electron chi connectivity index (χ1n) is 7.09. The largest absolute Gasteiger partial charge is 0.326 e. The molecule has 1 rings (SSSR count). The molecule has 2 N–H and O–H groups in total. The first kappa shape index (κ1) is 17.1. The van der Waals surface area contributed by atoms with Gasteiger partial charge in [0.2, 0.25) is 0 Å². The van der Waals surface area contributed by atoms with E-state index in [0.29, 0.717) is 23.9 Å². The molecule has 0 radical (unpaired) electrons. The fourth-order valence-electron chi connectivity index (χ4n) is 1.98. The van der Waals surface area contributed by atoms with Crippen molar-refractivity contribution in [1.29, 1.82) is 0 Å². The van der Waals surface area contributed by atoms with Crippen molar-refractivity contribution in [3.63, 3.8) is 0 Å². The standard InChI is InChI=1S/C15H26N2O2S/c1-4-13(2)12-17(3)9-10-20(18,19)15-7-5-14(11-16)6-8-15/h5-8,13H,4,9-12,16H2,1-3H3. The Morgan fingerprint density at radius 3 is 2.35 bits per heavy atom. The van der Waals surface area contributed by atoms with Gasteiger partial charge in [0.05, 0.1) is 10.6 Å². The molecular formula is C15H26N2O2S. The lowest BCUT2D eigenvalue weighted by Crippen LogP contribution is -2.29. The van der Waals surface area contributed by atoms with Gasteiger partial charge in [-0.1, -0.05) is 32.4 Å². The van der Waals surface area contributed by atoms with E-state index in [-0.39, 0.29) is 5.75 Å². The zero-order chi connectivity index (χ0) is 15.2. The predicted molar refractivity (Wildman–Crippen MR) is 83.3 cm³/mol. The molecule has 0 saturated heterocycles. The van der Waals surface area contributed by atoms with Gasteiger partial charge in [-0.15, -0.1) is 0 Å². The Morgan fingerprint density at radius 2 is 1.85 bits per heavy atom. The number of sulfone groups is 1. The first-order valence-corrected chi connectivity index (χ1v) is 8.74. The van der Waals surface area contributed by atoms with E-state index in [9.17, 15) is 8.42 Å². The second kappa shape index (κ2) is 7.76. The molecule has 0 saturated carbocycles. The Hall–Kier alpha value is -0.910. The van der Waals surface area contributed by atoms with E-state index >= 15 is 0 Å². The van der Waals surface area contributed by atoms with Crippen LogP contribution in [0.4, 0.5) is 0 Å². The summed E-state index contributed by atoms with van der Waals surface area (Å²) < 4.78 is 24.5. The van der Waals surface area contributed by atoms with Crippen molar-refractivity contribution in [2.45, 2.75) is 31.7 Å². The third-order valence-corrected chi connectivity index (χ3v) is 5.29. The third kappa shape index (κ3) is 5.23. The van der Waals surface area contributed by atoms with Crippen molar-refractivity contribution in [3.8, 4) is 0 Å². The molecule has 0 spiro atoms. The monoisotopic (exact) mass is 298 g/mol. The van der Waals surface area contributed by atoms with Gasteiger partial charge in [-0.2, -0.15) is 0 Å². The summed E-state index contributed by atoms with van der Waals surface area (Å²) in [7, 11) is -1.23. The minimum atomic E-state index is -3.21. The molecule has 0 bridgehead atoms. The van der Waals surface area contributed by atoms with Crippen molar-refractivity contribution in [2.75, 3.05) is 25.9 Å². The molecule has 0 aliphatic heterocycles. The number of benzene rings is 1. The topological polar surface area (TPSA) is 63.4 Å². The molecule has 0 heterocycles. The molecule has 1 aromatic carbocycles. The van der Waals surface area contributed by atoms with Crippen LogP contribution in [0.15, 0.2) is 29.2 Å². The highest BCUT2D eigenvalue weighted by atomic mass is 32.2. The van der Waals surface area contributed by atoms with E-state index in [2.05, 4.69) is 18.7 Å². The van der Waals surface area contributed by atoms with E-state index in [1.165, 1.54) is 0 Å². The van der Waals surface area contributed by atoms with E-state index in [4.69, 9.17) is 5.73 Å². The summed E-state index contributed by atoms with van der Waals surface area (Å²) in [5.74, 6) is 0.744. The molecule has 4 nitrogen and oxygen atoms in total. The van der Waals surface area contributed by atoms with Crippen LogP contribution in [-0.2, 0) is 16.4 Å². The van der Waals surface area contributed by atoms with E-state index < -0.39 is 9.84 Å². The molecule has 20 heavy (non-hydrogen) atoms. The van der Waals surface area contributed by atoms with Crippen LogP contribution in [0, 0.1) is 5.92 Å². The van der Waals surface area contributed by atoms with Crippen LogP contribution in [0.2, 0.25) is 0 Å². The smallest absolute Gasteiger partial charge is 0.179 e. The van der Waals surface area contributed by atoms with Crippen LogP contribution in [0.3, 0.4) is 0 Å². The summed E-state index contributed by atoms with van der Waals surface area (Å²) in [5, 5.41) is 0. The maximum absolute atomic E-state index is 12.2. The lowest BCUT2D eigenvalue weighted by molar-refractivity contribution is 0.296. The molecule has 0 aromatic heterocycles. The summed E-state index contributed by atoms with van der Waals surface area (Å²) in [6, 6.07) is 6.84. The van der Waals surface area contributed by atoms with Crippen LogP contribution < -0.4 is 5.73 Å². The Bertz CT molecular complexity index is 497. The fourth-order valence-corrected chi connectivity index (χ4v) is 3.32. The predicted octanol–water partition coefficient (Wildman–Crippen LogP) is 1.90. The lowest BCUT2D eigenvalue weighted by atomic mass is 10.1. The second-order valence-electron chi connectivity index (χ2n) is 5.44. The molecule has 0 aliphatic rings. The van der Waals surface area contributed by atoms with Crippen LogP contribution in [0.25, 0.3) is 0 Å². The average Bonchev–Trinajstić information content (AvgIpc) is 2.45. The molecule has 114 valence electrons. The van der Waals surface area contributed by atoms with Gasteiger partial charge in [0.25, 0.3) is 0 Å². The van der Waals surface area contributed by atoms with Crippen molar-refractivity contribution < 1.29 is 8.42 Å². The third-order valence-electron chi connectivity index (χ3n) is 3.58. The molecular weight excluding hydrogens is 272 g/mol.